The maximum Gasteiger partial charge on any atom is 0.198 e. The number of halogens is 2. The molecule has 15 heavy (non-hydrogen) atoms. The van der Waals surface area contributed by atoms with Gasteiger partial charge in [0.15, 0.2) is 5.63 Å². The number of fused-ring (bicyclic) bond motifs is 1. The molecule has 0 amide bonds. The second kappa shape index (κ2) is 3.99. The lowest BCUT2D eigenvalue weighted by Crippen LogP contribution is -1.84. The van der Waals surface area contributed by atoms with Gasteiger partial charge in [-0.25, -0.2) is 4.39 Å². The Balaban J connectivity index is 2.59. The fourth-order valence-electron chi connectivity index (χ4n) is 1.49. The van der Waals surface area contributed by atoms with E-state index in [9.17, 15) is 9.18 Å². The van der Waals surface area contributed by atoms with E-state index < -0.39 is 5.63 Å². The summed E-state index contributed by atoms with van der Waals surface area (Å²) >= 11 is 5.34. The van der Waals surface area contributed by atoms with Crippen LogP contribution in [0.2, 0.25) is 0 Å². The van der Waals surface area contributed by atoms with Gasteiger partial charge in [0.1, 0.15) is 6.29 Å². The Labute approximate surface area is 91.5 Å². The van der Waals surface area contributed by atoms with Gasteiger partial charge in [-0.05, 0) is 22.9 Å². The first-order chi connectivity index (χ1) is 7.20. The van der Waals surface area contributed by atoms with Crippen LogP contribution in [0.1, 0.15) is 21.6 Å². The van der Waals surface area contributed by atoms with Gasteiger partial charge in [0, 0.05) is 11.1 Å². The monoisotopic (exact) mass is 222 g/mol. The highest BCUT2D eigenvalue weighted by Gasteiger charge is 2.05. The molecule has 0 aliphatic carbocycles. The van der Waals surface area contributed by atoms with Crippen molar-refractivity contribution in [1.29, 1.82) is 0 Å². The van der Waals surface area contributed by atoms with E-state index in [0.717, 1.165) is 17.1 Å². The van der Waals surface area contributed by atoms with Crippen LogP contribution in [-0.2, 0) is 0 Å². The van der Waals surface area contributed by atoms with Gasteiger partial charge in [0.2, 0.25) is 0 Å². The van der Waals surface area contributed by atoms with E-state index in [1.165, 1.54) is 0 Å². The summed E-state index contributed by atoms with van der Waals surface area (Å²) in [6.45, 7) is 0. The summed E-state index contributed by atoms with van der Waals surface area (Å²) in [7, 11) is 0. The van der Waals surface area contributed by atoms with Gasteiger partial charge in [0.05, 0.1) is 0 Å². The largest absolute Gasteiger partial charge is 0.298 e. The van der Waals surface area contributed by atoms with Crippen molar-refractivity contribution < 1.29 is 9.18 Å². The van der Waals surface area contributed by atoms with Crippen molar-refractivity contribution in [3.8, 4) is 0 Å². The number of hydrogen-bond acceptors (Lipinski definition) is 1. The summed E-state index contributed by atoms with van der Waals surface area (Å²) < 4.78 is 12.8. The topological polar surface area (TPSA) is 17.1 Å². The lowest BCUT2D eigenvalue weighted by Gasteiger charge is -2.03. The van der Waals surface area contributed by atoms with E-state index in [-0.39, 0.29) is 0 Å². The predicted molar refractivity (Wildman–Crippen MR) is 59.0 cm³/mol. The second-order valence-corrected chi connectivity index (χ2v) is 3.67. The highest BCUT2D eigenvalue weighted by molar-refractivity contribution is 6.19. The van der Waals surface area contributed by atoms with Gasteiger partial charge in [-0.15, -0.1) is 0 Å². The van der Waals surface area contributed by atoms with E-state index in [1.807, 2.05) is 0 Å². The highest BCUT2D eigenvalue weighted by atomic mass is 35.5. The van der Waals surface area contributed by atoms with Crippen molar-refractivity contribution in [1.82, 2.24) is 0 Å². The average Bonchev–Trinajstić information content (AvgIpc) is 2.27. The number of alkyl halides is 2. The van der Waals surface area contributed by atoms with Crippen molar-refractivity contribution in [2.75, 3.05) is 0 Å². The van der Waals surface area contributed by atoms with Crippen LogP contribution >= 0.6 is 11.6 Å². The molecule has 76 valence electrons. The molecule has 0 radical (unpaired) electrons. The van der Waals surface area contributed by atoms with Crippen LogP contribution in [0.5, 0.6) is 0 Å². The fraction of sp³-hybridized carbons (Fsp3) is 0.0833. The standard InChI is InChI=1S/C12H8ClFO/c13-12(14)11-4-3-9-5-8(7-15)1-2-10(9)6-11/h1-7,12H. The number of rotatable bonds is 2. The fourth-order valence-corrected chi connectivity index (χ4v) is 1.63. The van der Waals surface area contributed by atoms with E-state index >= 15 is 0 Å². The van der Waals surface area contributed by atoms with Gasteiger partial charge in [0.25, 0.3) is 0 Å². The average molecular weight is 223 g/mol. The van der Waals surface area contributed by atoms with Gasteiger partial charge in [-0.3, -0.25) is 4.79 Å². The molecule has 1 atom stereocenters. The van der Waals surface area contributed by atoms with Crippen molar-refractivity contribution in [2.24, 2.45) is 0 Å². The third kappa shape index (κ3) is 2.00. The Hall–Kier alpha value is -1.41. The van der Waals surface area contributed by atoms with Crippen LogP contribution in [0.4, 0.5) is 4.39 Å². The van der Waals surface area contributed by atoms with Crippen LogP contribution in [0.25, 0.3) is 10.8 Å². The zero-order chi connectivity index (χ0) is 10.8. The number of carbonyl (C=O) groups excluding carboxylic acids is 1. The van der Waals surface area contributed by atoms with Gasteiger partial charge in [-0.2, -0.15) is 0 Å². The molecule has 2 aromatic carbocycles. The Morgan fingerprint density at radius 1 is 1.13 bits per heavy atom. The van der Waals surface area contributed by atoms with Crippen molar-refractivity contribution in [2.45, 2.75) is 5.63 Å². The first-order valence-corrected chi connectivity index (χ1v) is 4.91. The lowest BCUT2D eigenvalue weighted by atomic mass is 10.1. The molecule has 1 unspecified atom stereocenters. The Morgan fingerprint density at radius 3 is 2.47 bits per heavy atom. The molecule has 0 aliphatic rings. The Bertz CT molecular complexity index is 508. The molecule has 0 aliphatic heterocycles. The predicted octanol–water partition coefficient (Wildman–Crippen LogP) is 3.86. The Morgan fingerprint density at radius 2 is 1.80 bits per heavy atom. The third-order valence-corrected chi connectivity index (χ3v) is 2.53. The number of hydrogen-bond donors (Lipinski definition) is 0. The molecule has 0 saturated carbocycles. The summed E-state index contributed by atoms with van der Waals surface area (Å²) in [4.78, 5) is 10.5. The minimum Gasteiger partial charge on any atom is -0.298 e. The zero-order valence-electron chi connectivity index (χ0n) is 7.78. The van der Waals surface area contributed by atoms with Crippen molar-refractivity contribution in [3.05, 3.63) is 47.5 Å². The zero-order valence-corrected chi connectivity index (χ0v) is 8.54. The molecule has 0 bridgehead atoms. The molecule has 2 aromatic rings. The van der Waals surface area contributed by atoms with Gasteiger partial charge < -0.3 is 0 Å². The quantitative estimate of drug-likeness (QED) is 0.557. The number of carbonyl (C=O) groups is 1. The first kappa shape index (κ1) is 10.1. The maximum atomic E-state index is 12.8. The normalized spacial score (nSPS) is 12.7. The highest BCUT2D eigenvalue weighted by Crippen LogP contribution is 2.25. The molecule has 2 rings (SSSR count). The van der Waals surface area contributed by atoms with Crippen LogP contribution in [0.15, 0.2) is 36.4 Å². The molecule has 0 saturated heterocycles. The van der Waals surface area contributed by atoms with Crippen LogP contribution in [0.3, 0.4) is 0 Å². The van der Waals surface area contributed by atoms with Crippen LogP contribution in [-0.4, -0.2) is 6.29 Å². The molecule has 0 fully saturated rings. The molecule has 1 nitrogen and oxygen atoms in total. The molecule has 0 N–H and O–H groups in total. The van der Waals surface area contributed by atoms with Gasteiger partial charge >= 0.3 is 0 Å². The molecule has 0 heterocycles. The SMILES string of the molecule is O=Cc1ccc2cc(C(F)Cl)ccc2c1. The smallest absolute Gasteiger partial charge is 0.198 e. The Kier molecular flexibility index (Phi) is 2.69. The van der Waals surface area contributed by atoms with E-state index in [2.05, 4.69) is 0 Å². The number of aldehydes is 1. The summed E-state index contributed by atoms with van der Waals surface area (Å²) in [5.74, 6) is 0. The molecule has 0 spiro atoms. The van der Waals surface area contributed by atoms with E-state index in [0.29, 0.717) is 11.1 Å². The molecular formula is C12H8ClFO. The summed E-state index contributed by atoms with van der Waals surface area (Å²) in [5, 5.41) is 1.78. The summed E-state index contributed by atoms with van der Waals surface area (Å²) in [6, 6.07) is 10.3. The summed E-state index contributed by atoms with van der Waals surface area (Å²) in [6.07, 6.45) is 0.785. The van der Waals surface area contributed by atoms with Crippen molar-refractivity contribution >= 4 is 28.7 Å². The minimum absolute atomic E-state index is 0.433. The molecule has 0 aromatic heterocycles. The van der Waals surface area contributed by atoms with Crippen molar-refractivity contribution in [3.63, 3.8) is 0 Å². The summed E-state index contributed by atoms with van der Waals surface area (Å²) in [5.41, 5.74) is -0.443. The minimum atomic E-state index is -1.49. The van der Waals surface area contributed by atoms with Crippen LogP contribution < -0.4 is 0 Å². The third-order valence-electron chi connectivity index (χ3n) is 2.28. The molecule has 3 heteroatoms. The van der Waals surface area contributed by atoms with E-state index in [4.69, 9.17) is 11.6 Å². The van der Waals surface area contributed by atoms with Gasteiger partial charge in [-0.1, -0.05) is 35.9 Å². The lowest BCUT2D eigenvalue weighted by molar-refractivity contribution is 0.112. The second-order valence-electron chi connectivity index (χ2n) is 3.28. The number of benzene rings is 2. The maximum absolute atomic E-state index is 12.8. The first-order valence-electron chi connectivity index (χ1n) is 4.48. The van der Waals surface area contributed by atoms with Crippen LogP contribution in [0, 0.1) is 0 Å². The van der Waals surface area contributed by atoms with E-state index in [1.54, 1.807) is 36.4 Å². The molecular weight excluding hydrogens is 215 g/mol.